The maximum atomic E-state index is 13.0. The van der Waals surface area contributed by atoms with Crippen molar-refractivity contribution >= 4 is 39.2 Å². The Hall–Kier alpha value is -3.24. The lowest BCUT2D eigenvalue weighted by atomic mass is 10.0. The molecule has 0 atom stereocenters. The SMILES string of the molecule is CCOC(=O)c1ccc(-c2cc(C(=O)Nc3ccc(CN4CCN(S(C)(=O)=O)CC4)cc3)ccc2Cl)cc1. The second-order valence-electron chi connectivity index (χ2n) is 9.08. The van der Waals surface area contributed by atoms with E-state index in [-0.39, 0.29) is 11.9 Å². The first-order chi connectivity index (χ1) is 18.1. The molecule has 8 nitrogen and oxygen atoms in total. The van der Waals surface area contributed by atoms with Crippen LogP contribution in [0.25, 0.3) is 11.1 Å². The van der Waals surface area contributed by atoms with Gasteiger partial charge in [-0.05, 0) is 60.5 Å². The van der Waals surface area contributed by atoms with Crippen LogP contribution in [0.2, 0.25) is 5.02 Å². The average Bonchev–Trinajstić information content (AvgIpc) is 2.90. The zero-order chi connectivity index (χ0) is 27.3. The third kappa shape index (κ3) is 6.99. The van der Waals surface area contributed by atoms with Crippen LogP contribution >= 0.6 is 11.6 Å². The molecule has 1 aliphatic rings. The number of rotatable bonds is 8. The van der Waals surface area contributed by atoms with Gasteiger partial charge >= 0.3 is 5.97 Å². The molecule has 1 amide bonds. The fourth-order valence-corrected chi connectivity index (χ4v) is 5.32. The highest BCUT2D eigenvalue weighted by molar-refractivity contribution is 7.88. The van der Waals surface area contributed by atoms with Crippen LogP contribution in [-0.2, 0) is 21.3 Å². The van der Waals surface area contributed by atoms with Crippen LogP contribution in [0.1, 0.15) is 33.2 Å². The van der Waals surface area contributed by atoms with Gasteiger partial charge in [0, 0.05) is 54.6 Å². The topological polar surface area (TPSA) is 96.0 Å². The van der Waals surface area contributed by atoms with Crippen molar-refractivity contribution in [2.24, 2.45) is 0 Å². The van der Waals surface area contributed by atoms with Gasteiger partial charge in [0.05, 0.1) is 18.4 Å². The maximum absolute atomic E-state index is 13.0. The molecule has 0 spiro atoms. The van der Waals surface area contributed by atoms with Crippen LogP contribution in [-0.4, -0.2) is 68.5 Å². The van der Waals surface area contributed by atoms with Crippen LogP contribution < -0.4 is 5.32 Å². The number of ether oxygens (including phenoxy) is 1. The Kier molecular flexibility index (Phi) is 8.83. The first-order valence-corrected chi connectivity index (χ1v) is 14.5. The number of halogens is 1. The number of anilines is 1. The molecule has 0 radical (unpaired) electrons. The van der Waals surface area contributed by atoms with Crippen LogP contribution in [0.5, 0.6) is 0 Å². The summed E-state index contributed by atoms with van der Waals surface area (Å²) < 4.78 is 29.9. The summed E-state index contributed by atoms with van der Waals surface area (Å²) in [6, 6.07) is 19.6. The molecule has 3 aromatic rings. The van der Waals surface area contributed by atoms with E-state index in [1.807, 2.05) is 24.3 Å². The molecular weight excluding hydrogens is 526 g/mol. The van der Waals surface area contributed by atoms with Crippen molar-refractivity contribution in [2.45, 2.75) is 13.5 Å². The Balaban J connectivity index is 1.38. The maximum Gasteiger partial charge on any atom is 0.338 e. The first-order valence-electron chi connectivity index (χ1n) is 12.3. The Labute approximate surface area is 228 Å². The van der Waals surface area contributed by atoms with E-state index < -0.39 is 10.0 Å². The molecule has 1 aliphatic heterocycles. The van der Waals surface area contributed by atoms with Gasteiger partial charge in [-0.1, -0.05) is 35.9 Å². The van der Waals surface area contributed by atoms with E-state index >= 15 is 0 Å². The van der Waals surface area contributed by atoms with Crippen LogP contribution in [0.3, 0.4) is 0 Å². The van der Waals surface area contributed by atoms with Gasteiger partial charge in [0.25, 0.3) is 5.91 Å². The molecule has 4 rings (SSSR count). The van der Waals surface area contributed by atoms with E-state index in [4.69, 9.17) is 16.3 Å². The second-order valence-corrected chi connectivity index (χ2v) is 11.5. The van der Waals surface area contributed by atoms with Crippen molar-refractivity contribution in [3.05, 3.63) is 88.4 Å². The Morgan fingerprint density at radius 3 is 2.16 bits per heavy atom. The summed E-state index contributed by atoms with van der Waals surface area (Å²) in [6.07, 6.45) is 1.24. The van der Waals surface area contributed by atoms with Crippen molar-refractivity contribution in [3.8, 4) is 11.1 Å². The summed E-state index contributed by atoms with van der Waals surface area (Å²) in [6.45, 7) is 5.10. The summed E-state index contributed by atoms with van der Waals surface area (Å²) in [4.78, 5) is 27.1. The molecule has 0 unspecified atom stereocenters. The largest absolute Gasteiger partial charge is 0.462 e. The van der Waals surface area contributed by atoms with Gasteiger partial charge in [-0.3, -0.25) is 9.69 Å². The number of sulfonamides is 1. The van der Waals surface area contributed by atoms with E-state index in [9.17, 15) is 18.0 Å². The van der Waals surface area contributed by atoms with E-state index in [1.165, 1.54) is 10.6 Å². The highest BCUT2D eigenvalue weighted by atomic mass is 35.5. The fourth-order valence-electron chi connectivity index (χ4n) is 4.26. The number of piperazine rings is 1. The number of hydrogen-bond acceptors (Lipinski definition) is 6. The molecule has 38 heavy (non-hydrogen) atoms. The van der Waals surface area contributed by atoms with Crippen molar-refractivity contribution < 1.29 is 22.7 Å². The minimum Gasteiger partial charge on any atom is -0.462 e. The first kappa shape index (κ1) is 27.8. The lowest BCUT2D eigenvalue weighted by Gasteiger charge is -2.33. The summed E-state index contributed by atoms with van der Waals surface area (Å²) in [5.41, 5.74) is 4.10. The molecule has 0 saturated carbocycles. The fraction of sp³-hybridized carbons (Fsp3) is 0.286. The average molecular weight is 556 g/mol. The van der Waals surface area contributed by atoms with Gasteiger partial charge in [0.15, 0.2) is 0 Å². The van der Waals surface area contributed by atoms with Gasteiger partial charge in [-0.2, -0.15) is 4.31 Å². The van der Waals surface area contributed by atoms with Crippen molar-refractivity contribution in [1.29, 1.82) is 0 Å². The van der Waals surface area contributed by atoms with Gasteiger partial charge in [0.1, 0.15) is 0 Å². The molecule has 0 bridgehead atoms. The van der Waals surface area contributed by atoms with Gasteiger partial charge in [0.2, 0.25) is 10.0 Å². The number of hydrogen-bond donors (Lipinski definition) is 1. The van der Waals surface area contributed by atoms with Crippen LogP contribution in [0.15, 0.2) is 66.7 Å². The van der Waals surface area contributed by atoms with Crippen molar-refractivity contribution in [2.75, 3.05) is 44.4 Å². The van der Waals surface area contributed by atoms with E-state index in [2.05, 4.69) is 10.2 Å². The van der Waals surface area contributed by atoms with Gasteiger partial charge in [-0.25, -0.2) is 13.2 Å². The minimum atomic E-state index is -3.15. The number of nitrogens with one attached hydrogen (secondary N) is 1. The van der Waals surface area contributed by atoms with Gasteiger partial charge in [-0.15, -0.1) is 0 Å². The van der Waals surface area contributed by atoms with Gasteiger partial charge < -0.3 is 10.1 Å². The predicted molar refractivity (Wildman–Crippen MR) is 149 cm³/mol. The summed E-state index contributed by atoms with van der Waals surface area (Å²) in [7, 11) is -3.15. The molecule has 1 fully saturated rings. The quantitative estimate of drug-likeness (QED) is 0.411. The molecule has 3 aromatic carbocycles. The summed E-state index contributed by atoms with van der Waals surface area (Å²) >= 11 is 6.42. The lowest BCUT2D eigenvalue weighted by molar-refractivity contribution is 0.0526. The third-order valence-electron chi connectivity index (χ3n) is 6.35. The smallest absolute Gasteiger partial charge is 0.338 e. The van der Waals surface area contributed by atoms with E-state index in [0.717, 1.165) is 11.1 Å². The zero-order valence-corrected chi connectivity index (χ0v) is 22.9. The minimum absolute atomic E-state index is 0.268. The molecule has 10 heteroatoms. The lowest BCUT2D eigenvalue weighted by Crippen LogP contribution is -2.47. The number of amides is 1. The number of esters is 1. The van der Waals surface area contributed by atoms with Crippen LogP contribution in [0.4, 0.5) is 5.69 Å². The molecule has 1 heterocycles. The molecule has 1 saturated heterocycles. The molecule has 1 N–H and O–H groups in total. The molecular formula is C28H30ClN3O5S. The number of benzene rings is 3. The van der Waals surface area contributed by atoms with Crippen molar-refractivity contribution in [3.63, 3.8) is 0 Å². The number of nitrogens with zero attached hydrogens (tertiary/aromatic N) is 2. The molecule has 0 aromatic heterocycles. The predicted octanol–water partition coefficient (Wildman–Crippen LogP) is 4.51. The van der Waals surface area contributed by atoms with Crippen molar-refractivity contribution in [1.82, 2.24) is 9.21 Å². The molecule has 0 aliphatic carbocycles. The highest BCUT2D eigenvalue weighted by Gasteiger charge is 2.23. The zero-order valence-electron chi connectivity index (χ0n) is 21.3. The summed E-state index contributed by atoms with van der Waals surface area (Å²) in [5, 5.41) is 3.41. The molecule has 200 valence electrons. The second kappa shape index (κ2) is 12.1. The standard InChI is InChI=1S/C28H30ClN3O5S/c1-3-37-28(34)22-8-6-21(7-9-22)25-18-23(10-13-26(25)29)27(33)30-24-11-4-20(5-12-24)19-31-14-16-32(17-15-31)38(2,35)36/h4-13,18H,3,14-17,19H2,1-2H3,(H,30,33). The summed E-state index contributed by atoms with van der Waals surface area (Å²) in [5.74, 6) is -0.658. The monoisotopic (exact) mass is 555 g/mol. The Morgan fingerprint density at radius 1 is 0.921 bits per heavy atom. The van der Waals surface area contributed by atoms with E-state index in [1.54, 1.807) is 49.4 Å². The third-order valence-corrected chi connectivity index (χ3v) is 7.99. The Morgan fingerprint density at radius 2 is 1.55 bits per heavy atom. The van der Waals surface area contributed by atoms with Crippen LogP contribution in [0, 0.1) is 0 Å². The number of carbonyl (C=O) groups is 2. The van der Waals surface area contributed by atoms with E-state index in [0.29, 0.717) is 66.7 Å². The highest BCUT2D eigenvalue weighted by Crippen LogP contribution is 2.29. The Bertz CT molecular complexity index is 1400. The normalized spacial score (nSPS) is 14.7. The number of carbonyl (C=O) groups excluding carboxylic acids is 2.